The highest BCUT2D eigenvalue weighted by Gasteiger charge is 2.60. The SMILES string of the molecule is NC1(c2ccccc2)C=CC2=C3C=CC(N)(c4ccccc4)C=C3C3(C2=C1)C1=CC(N)(c2ccccc2)C=CC1=C1C=CC(N)(c2ccccc2)C=C13. The van der Waals surface area contributed by atoms with Crippen molar-refractivity contribution in [3.63, 3.8) is 0 Å². The summed E-state index contributed by atoms with van der Waals surface area (Å²) < 4.78 is 0. The molecule has 6 aliphatic rings. The van der Waals surface area contributed by atoms with Gasteiger partial charge >= 0.3 is 0 Å². The summed E-state index contributed by atoms with van der Waals surface area (Å²) in [4.78, 5) is 0. The van der Waals surface area contributed by atoms with Crippen molar-refractivity contribution in [2.45, 2.75) is 22.2 Å². The zero-order valence-corrected chi connectivity index (χ0v) is 29.3. The van der Waals surface area contributed by atoms with Gasteiger partial charge in [-0.05, 0) is 66.8 Å². The van der Waals surface area contributed by atoms with Crippen molar-refractivity contribution in [3.8, 4) is 0 Å². The fourth-order valence-electron chi connectivity index (χ4n) is 9.38. The van der Waals surface area contributed by atoms with Crippen LogP contribution in [0.4, 0.5) is 0 Å². The molecule has 0 heterocycles. The average Bonchev–Trinajstić information content (AvgIpc) is 3.63. The first-order valence-electron chi connectivity index (χ1n) is 18.2. The third-order valence-corrected chi connectivity index (χ3v) is 12.1. The van der Waals surface area contributed by atoms with Gasteiger partial charge in [0.25, 0.3) is 0 Å². The van der Waals surface area contributed by atoms with Crippen molar-refractivity contribution in [3.05, 3.63) is 261 Å². The summed E-state index contributed by atoms with van der Waals surface area (Å²) in [5.74, 6) is 0. The van der Waals surface area contributed by atoms with E-state index in [4.69, 9.17) is 22.9 Å². The highest BCUT2D eigenvalue weighted by Crippen LogP contribution is 2.70. The lowest BCUT2D eigenvalue weighted by Crippen LogP contribution is -2.41. The molecule has 0 bridgehead atoms. The number of rotatable bonds is 4. The maximum atomic E-state index is 7.47. The Morgan fingerprint density at radius 3 is 0.698 bits per heavy atom. The minimum atomic E-state index is -0.873. The number of allylic oxidation sites excluding steroid dienone is 12. The maximum Gasteiger partial charge on any atom is 0.0792 e. The summed E-state index contributed by atoms with van der Waals surface area (Å²) >= 11 is 0. The molecule has 1 spiro atoms. The summed E-state index contributed by atoms with van der Waals surface area (Å²) in [6, 6.07) is 41.3. The van der Waals surface area contributed by atoms with Gasteiger partial charge in [0.15, 0.2) is 0 Å². The number of hydrogen-bond acceptors (Lipinski definition) is 4. The third kappa shape index (κ3) is 4.44. The van der Waals surface area contributed by atoms with E-state index in [2.05, 4.69) is 121 Å². The Balaban J connectivity index is 1.32. The van der Waals surface area contributed by atoms with E-state index < -0.39 is 27.6 Å². The molecule has 0 saturated heterocycles. The molecule has 0 saturated carbocycles. The lowest BCUT2D eigenvalue weighted by molar-refractivity contribution is 0.591. The topological polar surface area (TPSA) is 104 Å². The highest BCUT2D eigenvalue weighted by molar-refractivity contribution is 5.88. The van der Waals surface area contributed by atoms with E-state index in [1.165, 1.54) is 0 Å². The van der Waals surface area contributed by atoms with E-state index in [1.54, 1.807) is 0 Å². The van der Waals surface area contributed by atoms with Crippen molar-refractivity contribution < 1.29 is 0 Å². The minimum absolute atomic E-state index is 0.835. The standard InChI is InChI=1S/C49H40N4/c50-45(33-13-5-1-6-14-33)25-21-37-38-22-26-46(51,34-15-7-2-8-16-34)30-42(38)49(41(37)29-45)43-31-47(52,35-17-9-3-10-18-35)27-23-39(43)40-24-28-48(53,32-44(40)49)36-19-11-4-12-20-36/h1-32H,50-53H2. The molecule has 0 amide bonds. The van der Waals surface area contributed by atoms with Crippen LogP contribution in [0.1, 0.15) is 22.3 Å². The van der Waals surface area contributed by atoms with Crippen LogP contribution >= 0.6 is 0 Å². The fourth-order valence-corrected chi connectivity index (χ4v) is 9.38. The fraction of sp³-hybridized carbons (Fsp3) is 0.102. The molecule has 4 aromatic carbocycles. The second-order valence-electron chi connectivity index (χ2n) is 15.2. The van der Waals surface area contributed by atoms with E-state index >= 15 is 0 Å². The van der Waals surface area contributed by atoms with Crippen LogP contribution in [0.25, 0.3) is 0 Å². The Hall–Kier alpha value is -5.88. The van der Waals surface area contributed by atoms with Crippen LogP contribution in [0.15, 0.2) is 239 Å². The van der Waals surface area contributed by atoms with Gasteiger partial charge in [-0.3, -0.25) is 0 Å². The van der Waals surface area contributed by atoms with Crippen LogP contribution in [0.3, 0.4) is 0 Å². The van der Waals surface area contributed by atoms with E-state index in [9.17, 15) is 0 Å². The lowest BCUT2D eigenvalue weighted by atomic mass is 9.61. The van der Waals surface area contributed by atoms with Gasteiger partial charge < -0.3 is 22.9 Å². The molecule has 8 N–H and O–H groups in total. The van der Waals surface area contributed by atoms with Gasteiger partial charge in [0.05, 0.1) is 27.6 Å². The number of benzene rings is 4. The van der Waals surface area contributed by atoms with E-state index in [1.807, 2.05) is 72.8 Å². The monoisotopic (exact) mass is 684 g/mol. The molecular formula is C49H40N4. The van der Waals surface area contributed by atoms with Gasteiger partial charge in [-0.1, -0.05) is 194 Å². The number of hydrogen-bond donors (Lipinski definition) is 4. The Kier molecular flexibility index (Phi) is 6.64. The normalized spacial score (nSPS) is 31.8. The Bertz CT molecular complexity index is 2170. The highest BCUT2D eigenvalue weighted by atomic mass is 14.8. The Morgan fingerprint density at radius 2 is 0.491 bits per heavy atom. The molecule has 4 aromatic rings. The van der Waals surface area contributed by atoms with Crippen LogP contribution in [0, 0.1) is 5.41 Å². The lowest BCUT2D eigenvalue weighted by Gasteiger charge is -2.42. The van der Waals surface area contributed by atoms with Gasteiger partial charge in [0.1, 0.15) is 0 Å². The quantitative estimate of drug-likeness (QED) is 0.175. The molecule has 0 aromatic heterocycles. The zero-order valence-electron chi connectivity index (χ0n) is 29.3. The maximum absolute atomic E-state index is 7.47. The first kappa shape index (κ1) is 31.8. The summed E-state index contributed by atoms with van der Waals surface area (Å²) in [5.41, 5.74) is 38.5. The van der Waals surface area contributed by atoms with E-state index in [0.29, 0.717) is 0 Å². The first-order valence-corrected chi connectivity index (χ1v) is 18.2. The van der Waals surface area contributed by atoms with E-state index in [0.717, 1.165) is 66.8 Å². The van der Waals surface area contributed by atoms with Crippen molar-refractivity contribution >= 4 is 0 Å². The second kappa shape index (κ2) is 11.1. The molecule has 10 rings (SSSR count). The van der Waals surface area contributed by atoms with Crippen LogP contribution in [0.5, 0.6) is 0 Å². The minimum Gasteiger partial charge on any atom is -0.315 e. The molecule has 0 aliphatic heterocycles. The molecule has 0 fully saturated rings. The average molecular weight is 685 g/mol. The zero-order chi connectivity index (χ0) is 36.1. The molecule has 6 aliphatic carbocycles. The van der Waals surface area contributed by atoms with Gasteiger partial charge in [0, 0.05) is 0 Å². The molecule has 4 atom stereocenters. The molecule has 4 unspecified atom stereocenters. The summed E-state index contributed by atoms with van der Waals surface area (Å²) in [7, 11) is 0. The largest absolute Gasteiger partial charge is 0.315 e. The Morgan fingerprint density at radius 1 is 0.283 bits per heavy atom. The van der Waals surface area contributed by atoms with E-state index in [-0.39, 0.29) is 0 Å². The van der Waals surface area contributed by atoms with Gasteiger partial charge in [-0.15, -0.1) is 0 Å². The van der Waals surface area contributed by atoms with Crippen molar-refractivity contribution in [1.82, 2.24) is 0 Å². The van der Waals surface area contributed by atoms with Gasteiger partial charge in [-0.25, -0.2) is 0 Å². The molecule has 4 heteroatoms. The predicted octanol–water partition coefficient (Wildman–Crippen LogP) is 7.99. The smallest absolute Gasteiger partial charge is 0.0792 e. The summed E-state index contributed by atoms with van der Waals surface area (Å²) in [5, 5.41) is 0. The predicted molar refractivity (Wildman–Crippen MR) is 215 cm³/mol. The Labute approximate surface area is 310 Å². The number of fused-ring (bicyclic) bond motifs is 8. The molecule has 0 radical (unpaired) electrons. The van der Waals surface area contributed by atoms with Crippen molar-refractivity contribution in [1.29, 1.82) is 0 Å². The van der Waals surface area contributed by atoms with Gasteiger partial charge in [-0.2, -0.15) is 0 Å². The summed E-state index contributed by atoms with van der Waals surface area (Å²) in [6.45, 7) is 0. The molecule has 256 valence electrons. The third-order valence-electron chi connectivity index (χ3n) is 12.1. The summed E-state index contributed by atoms with van der Waals surface area (Å²) in [6.07, 6.45) is 26.5. The molecular weight excluding hydrogens is 645 g/mol. The van der Waals surface area contributed by atoms with Crippen LogP contribution in [0.2, 0.25) is 0 Å². The van der Waals surface area contributed by atoms with Gasteiger partial charge in [0.2, 0.25) is 0 Å². The van der Waals surface area contributed by atoms with Crippen LogP contribution < -0.4 is 22.9 Å². The van der Waals surface area contributed by atoms with Crippen LogP contribution in [-0.4, -0.2) is 0 Å². The molecule has 53 heavy (non-hydrogen) atoms. The first-order chi connectivity index (χ1) is 25.7. The van der Waals surface area contributed by atoms with Crippen molar-refractivity contribution in [2.75, 3.05) is 0 Å². The molecule has 4 nitrogen and oxygen atoms in total. The van der Waals surface area contributed by atoms with Crippen molar-refractivity contribution in [2.24, 2.45) is 28.3 Å². The van der Waals surface area contributed by atoms with Crippen LogP contribution in [-0.2, 0) is 22.2 Å². The second-order valence-corrected chi connectivity index (χ2v) is 15.2. The number of nitrogens with two attached hydrogens (primary N) is 4.